The van der Waals surface area contributed by atoms with Gasteiger partial charge in [0, 0.05) is 13.6 Å². The first kappa shape index (κ1) is 13.1. The predicted octanol–water partition coefficient (Wildman–Crippen LogP) is 0.0591. The number of hydrogen-bond acceptors (Lipinski definition) is 5. The molecule has 0 aromatic carbocycles. The summed E-state index contributed by atoms with van der Waals surface area (Å²) in [5.41, 5.74) is 0. The smallest absolute Gasteiger partial charge is 0.347 e. The first-order chi connectivity index (χ1) is 7.41. The molecule has 0 aliphatic carbocycles. The van der Waals surface area contributed by atoms with Gasteiger partial charge in [-0.2, -0.15) is 4.31 Å². The number of nitrogens with zero attached hydrogens (tertiary/aromatic N) is 1. The van der Waals surface area contributed by atoms with Crippen molar-refractivity contribution in [3.8, 4) is 0 Å². The fourth-order valence-corrected chi connectivity index (χ4v) is 3.48. The highest BCUT2D eigenvalue weighted by Crippen LogP contribution is 2.24. The molecule has 2 N–H and O–H groups in total. The number of carbonyl (C=O) groups is 1. The second kappa shape index (κ2) is 4.91. The monoisotopic (exact) mass is 265 g/mol. The molecule has 16 heavy (non-hydrogen) atoms. The predicted molar refractivity (Wildman–Crippen MR) is 58.2 cm³/mol. The van der Waals surface area contributed by atoms with Gasteiger partial charge in [0.25, 0.3) is 0 Å². The zero-order valence-electron chi connectivity index (χ0n) is 8.45. The number of aliphatic hydroxyl groups excluding tert-OH is 1. The Morgan fingerprint density at radius 2 is 2.19 bits per heavy atom. The van der Waals surface area contributed by atoms with E-state index in [1.807, 2.05) is 0 Å². The number of likely N-dealkylation sites (N-methyl/N-ethyl adjacent to an activating group) is 1. The van der Waals surface area contributed by atoms with E-state index >= 15 is 0 Å². The van der Waals surface area contributed by atoms with E-state index in [2.05, 4.69) is 0 Å². The van der Waals surface area contributed by atoms with Crippen molar-refractivity contribution in [3.05, 3.63) is 16.3 Å². The SMILES string of the molecule is CN(CCO)S(=O)(=O)c1ccsc1C(=O)O. The highest BCUT2D eigenvalue weighted by molar-refractivity contribution is 7.89. The van der Waals surface area contributed by atoms with E-state index in [4.69, 9.17) is 10.2 Å². The Balaban J connectivity index is 3.17. The van der Waals surface area contributed by atoms with Crippen molar-refractivity contribution in [3.63, 3.8) is 0 Å². The van der Waals surface area contributed by atoms with Crippen LogP contribution in [0.2, 0.25) is 0 Å². The van der Waals surface area contributed by atoms with Crippen molar-refractivity contribution < 1.29 is 23.4 Å². The van der Waals surface area contributed by atoms with E-state index in [9.17, 15) is 13.2 Å². The third kappa shape index (κ3) is 2.40. The molecule has 0 fully saturated rings. The molecular weight excluding hydrogens is 254 g/mol. The Kier molecular flexibility index (Phi) is 4.03. The number of rotatable bonds is 5. The van der Waals surface area contributed by atoms with Crippen LogP contribution >= 0.6 is 11.3 Å². The van der Waals surface area contributed by atoms with Crippen LogP contribution in [0.25, 0.3) is 0 Å². The van der Waals surface area contributed by atoms with Crippen LogP contribution in [0.1, 0.15) is 9.67 Å². The van der Waals surface area contributed by atoms with Crippen molar-refractivity contribution in [2.24, 2.45) is 0 Å². The first-order valence-corrected chi connectivity index (χ1v) is 6.61. The molecule has 0 aliphatic heterocycles. The van der Waals surface area contributed by atoms with Crippen LogP contribution in [-0.4, -0.2) is 49.1 Å². The van der Waals surface area contributed by atoms with Crippen LogP contribution in [-0.2, 0) is 10.0 Å². The van der Waals surface area contributed by atoms with Gasteiger partial charge >= 0.3 is 5.97 Å². The Morgan fingerprint density at radius 3 is 2.69 bits per heavy atom. The van der Waals surface area contributed by atoms with Crippen molar-refractivity contribution in [1.29, 1.82) is 0 Å². The number of aliphatic hydroxyl groups is 1. The standard InChI is InChI=1S/C8H11NO5S2/c1-9(3-4-10)16(13,14)6-2-5-15-7(6)8(11)12/h2,5,10H,3-4H2,1H3,(H,11,12). The highest BCUT2D eigenvalue weighted by Gasteiger charge is 2.27. The molecule has 0 saturated heterocycles. The normalized spacial score (nSPS) is 11.9. The number of thiophene rings is 1. The number of sulfonamides is 1. The fourth-order valence-electron chi connectivity index (χ4n) is 1.09. The van der Waals surface area contributed by atoms with Gasteiger partial charge in [0.15, 0.2) is 0 Å². The summed E-state index contributed by atoms with van der Waals surface area (Å²) >= 11 is 0.852. The van der Waals surface area contributed by atoms with Crippen molar-refractivity contribution in [2.75, 3.05) is 20.2 Å². The summed E-state index contributed by atoms with van der Waals surface area (Å²) < 4.78 is 24.7. The fraction of sp³-hybridized carbons (Fsp3) is 0.375. The van der Waals surface area contributed by atoms with Gasteiger partial charge in [0.05, 0.1) is 6.61 Å². The van der Waals surface area contributed by atoms with Gasteiger partial charge in [0.1, 0.15) is 9.77 Å². The third-order valence-corrected chi connectivity index (χ3v) is 4.86. The molecule has 0 spiro atoms. The first-order valence-electron chi connectivity index (χ1n) is 4.29. The topological polar surface area (TPSA) is 94.9 Å². The van der Waals surface area contributed by atoms with Crippen molar-refractivity contribution >= 4 is 27.3 Å². The minimum absolute atomic E-state index is 0.0722. The molecule has 1 aromatic rings. The van der Waals surface area contributed by atoms with Crippen LogP contribution in [0.15, 0.2) is 16.3 Å². The maximum absolute atomic E-state index is 11.9. The molecular formula is C8H11NO5S2. The molecule has 0 unspecified atom stereocenters. The maximum atomic E-state index is 11.9. The Labute approximate surface area is 96.8 Å². The van der Waals surface area contributed by atoms with Crippen molar-refractivity contribution in [2.45, 2.75) is 4.90 Å². The Bertz CT molecular complexity index is 478. The van der Waals surface area contributed by atoms with Crippen LogP contribution in [0.5, 0.6) is 0 Å². The molecule has 0 saturated carbocycles. The van der Waals surface area contributed by atoms with E-state index in [1.54, 1.807) is 0 Å². The summed E-state index contributed by atoms with van der Waals surface area (Å²) in [5, 5.41) is 18.9. The number of carboxylic acid groups (broad SMARTS) is 1. The van der Waals surface area contributed by atoms with E-state index in [0.29, 0.717) is 0 Å². The third-order valence-electron chi connectivity index (χ3n) is 1.93. The molecule has 0 radical (unpaired) electrons. The lowest BCUT2D eigenvalue weighted by Gasteiger charge is -2.15. The molecule has 8 heteroatoms. The van der Waals surface area contributed by atoms with Crippen molar-refractivity contribution in [1.82, 2.24) is 4.31 Å². The van der Waals surface area contributed by atoms with Crippen LogP contribution in [0.4, 0.5) is 0 Å². The molecule has 6 nitrogen and oxygen atoms in total. The molecule has 0 bridgehead atoms. The zero-order valence-corrected chi connectivity index (χ0v) is 10.1. The lowest BCUT2D eigenvalue weighted by Crippen LogP contribution is -2.30. The Morgan fingerprint density at radius 1 is 1.56 bits per heavy atom. The molecule has 90 valence electrons. The zero-order chi connectivity index (χ0) is 12.3. The number of aromatic carboxylic acids is 1. The summed E-state index contributed by atoms with van der Waals surface area (Å²) in [5.74, 6) is -1.27. The largest absolute Gasteiger partial charge is 0.477 e. The van der Waals surface area contributed by atoms with Gasteiger partial charge in [-0.3, -0.25) is 0 Å². The van der Waals surface area contributed by atoms with Crippen LogP contribution < -0.4 is 0 Å². The number of hydrogen-bond donors (Lipinski definition) is 2. The lowest BCUT2D eigenvalue weighted by molar-refractivity contribution is 0.0698. The highest BCUT2D eigenvalue weighted by atomic mass is 32.2. The second-order valence-corrected chi connectivity index (χ2v) is 5.90. The van der Waals surface area contributed by atoms with Gasteiger partial charge in [-0.15, -0.1) is 11.3 Å². The van der Waals surface area contributed by atoms with Gasteiger partial charge in [0.2, 0.25) is 10.0 Å². The molecule has 1 aromatic heterocycles. The van der Waals surface area contributed by atoms with E-state index in [1.165, 1.54) is 18.5 Å². The minimum Gasteiger partial charge on any atom is -0.477 e. The molecule has 1 rings (SSSR count). The maximum Gasteiger partial charge on any atom is 0.347 e. The van der Waals surface area contributed by atoms with E-state index < -0.39 is 16.0 Å². The van der Waals surface area contributed by atoms with Gasteiger partial charge < -0.3 is 10.2 Å². The minimum atomic E-state index is -3.83. The summed E-state index contributed by atoms with van der Waals surface area (Å²) in [6.07, 6.45) is 0. The number of carboxylic acids is 1. The van der Waals surface area contributed by atoms with Gasteiger partial charge in [-0.05, 0) is 11.4 Å². The van der Waals surface area contributed by atoms with Crippen LogP contribution in [0.3, 0.4) is 0 Å². The molecule has 0 aliphatic rings. The van der Waals surface area contributed by atoms with E-state index in [0.717, 1.165) is 15.6 Å². The van der Waals surface area contributed by atoms with E-state index in [-0.39, 0.29) is 22.9 Å². The van der Waals surface area contributed by atoms with Gasteiger partial charge in [-0.1, -0.05) is 0 Å². The summed E-state index contributed by atoms with van der Waals surface area (Å²) in [6, 6.07) is 1.25. The second-order valence-electron chi connectivity index (χ2n) is 2.97. The lowest BCUT2D eigenvalue weighted by atomic mass is 10.5. The molecule has 1 heterocycles. The summed E-state index contributed by atoms with van der Waals surface area (Å²) in [6.45, 7) is -0.389. The average molecular weight is 265 g/mol. The average Bonchev–Trinajstić information content (AvgIpc) is 2.66. The Hall–Kier alpha value is -0.960. The van der Waals surface area contributed by atoms with Crippen LogP contribution in [0, 0.1) is 0 Å². The molecule has 0 amide bonds. The molecule has 0 atom stereocenters. The quantitative estimate of drug-likeness (QED) is 0.785. The summed E-state index contributed by atoms with van der Waals surface area (Å²) in [7, 11) is -2.54. The summed E-state index contributed by atoms with van der Waals surface area (Å²) in [4.78, 5) is 10.3. The van der Waals surface area contributed by atoms with Gasteiger partial charge in [-0.25, -0.2) is 13.2 Å².